The molecule has 0 aliphatic carbocycles. The normalized spacial score (nSPS) is 13.6. The second-order valence-electron chi connectivity index (χ2n) is 8.53. The highest BCUT2D eigenvalue weighted by atomic mass is 16.6. The number of carboxylic acid groups (broad SMARTS) is 1. The first-order chi connectivity index (χ1) is 13.4. The number of allylic oxidation sites excluding steroid dienone is 5. The number of alkyl carbamates (subject to hydrolysis) is 1. The second kappa shape index (κ2) is 14.0. The lowest BCUT2D eigenvalue weighted by atomic mass is 10.1. The molecule has 166 valence electrons. The van der Waals surface area contributed by atoms with Crippen molar-refractivity contribution in [3.63, 3.8) is 0 Å². The Bertz CT molecular complexity index is 607. The zero-order chi connectivity index (χ0) is 22.4. The first-order valence-electron chi connectivity index (χ1n) is 10.2. The summed E-state index contributed by atoms with van der Waals surface area (Å²) in [7, 11) is 0. The van der Waals surface area contributed by atoms with Crippen molar-refractivity contribution in [2.45, 2.75) is 85.8 Å². The molecule has 1 amide bonds. The molecule has 0 aliphatic rings. The molecule has 0 aromatic heterocycles. The van der Waals surface area contributed by atoms with E-state index in [1.165, 1.54) is 16.7 Å². The van der Waals surface area contributed by atoms with Gasteiger partial charge in [0.2, 0.25) is 0 Å². The van der Waals surface area contributed by atoms with Crippen molar-refractivity contribution < 1.29 is 24.2 Å². The Morgan fingerprint density at radius 3 is 2.03 bits per heavy atom. The number of carboxylic acids is 1. The fraction of sp³-hybridized carbons (Fsp3) is 0.652. The maximum atomic E-state index is 11.7. The van der Waals surface area contributed by atoms with Gasteiger partial charge < -0.3 is 19.9 Å². The third-order valence-corrected chi connectivity index (χ3v) is 3.95. The maximum Gasteiger partial charge on any atom is 0.408 e. The predicted molar refractivity (Wildman–Crippen MR) is 117 cm³/mol. The highest BCUT2D eigenvalue weighted by Crippen LogP contribution is 2.11. The number of ether oxygens (including phenoxy) is 2. The van der Waals surface area contributed by atoms with Gasteiger partial charge in [0.1, 0.15) is 5.60 Å². The minimum absolute atomic E-state index is 0.123. The topological polar surface area (TPSA) is 84.9 Å². The van der Waals surface area contributed by atoms with Crippen molar-refractivity contribution in [3.05, 3.63) is 34.9 Å². The van der Waals surface area contributed by atoms with Crippen LogP contribution in [0.4, 0.5) is 4.79 Å². The number of nitrogens with one attached hydrogen (secondary N) is 1. The summed E-state index contributed by atoms with van der Waals surface area (Å²) in [5, 5.41) is 11.5. The number of rotatable bonds is 12. The molecule has 6 nitrogen and oxygen atoms in total. The summed E-state index contributed by atoms with van der Waals surface area (Å²) in [6.07, 6.45) is 9.76. The molecule has 0 saturated carbocycles. The molecule has 0 bridgehead atoms. The summed E-state index contributed by atoms with van der Waals surface area (Å²) < 4.78 is 10.5. The summed E-state index contributed by atoms with van der Waals surface area (Å²) in [6, 6.07) is -1.15. The molecule has 29 heavy (non-hydrogen) atoms. The van der Waals surface area contributed by atoms with Gasteiger partial charge in [-0.3, -0.25) is 0 Å². The first-order valence-corrected chi connectivity index (χ1v) is 10.2. The summed E-state index contributed by atoms with van der Waals surface area (Å²) in [5.74, 6) is -1.16. The third-order valence-electron chi connectivity index (χ3n) is 3.95. The Kier molecular flexibility index (Phi) is 13.0. The molecule has 0 radical (unpaired) electrons. The van der Waals surface area contributed by atoms with Crippen LogP contribution in [0.5, 0.6) is 0 Å². The molecule has 0 saturated heterocycles. The van der Waals surface area contributed by atoms with E-state index in [1.807, 2.05) is 13.0 Å². The van der Waals surface area contributed by atoms with Gasteiger partial charge in [0, 0.05) is 0 Å². The van der Waals surface area contributed by atoms with Crippen LogP contribution in [0.2, 0.25) is 0 Å². The molecule has 0 aromatic rings. The van der Waals surface area contributed by atoms with E-state index in [1.54, 1.807) is 20.8 Å². The number of hydrogen-bond donors (Lipinski definition) is 2. The third kappa shape index (κ3) is 16.6. The van der Waals surface area contributed by atoms with Gasteiger partial charge in [0.15, 0.2) is 6.04 Å². The zero-order valence-electron chi connectivity index (χ0n) is 19.1. The lowest BCUT2D eigenvalue weighted by Gasteiger charge is -2.21. The van der Waals surface area contributed by atoms with Crippen molar-refractivity contribution in [2.24, 2.45) is 0 Å². The zero-order valence-corrected chi connectivity index (χ0v) is 19.1. The fourth-order valence-corrected chi connectivity index (χ4v) is 2.35. The second-order valence-corrected chi connectivity index (χ2v) is 8.53. The number of amides is 1. The van der Waals surface area contributed by atoms with Gasteiger partial charge in [-0.05, 0) is 74.1 Å². The predicted octanol–water partition coefficient (Wildman–Crippen LogP) is 5.40. The Morgan fingerprint density at radius 1 is 0.966 bits per heavy atom. The summed E-state index contributed by atoms with van der Waals surface area (Å²) in [6.45, 7) is 13.7. The van der Waals surface area contributed by atoms with Gasteiger partial charge >= 0.3 is 12.1 Å². The fourth-order valence-electron chi connectivity index (χ4n) is 2.35. The van der Waals surface area contributed by atoms with E-state index in [2.05, 4.69) is 38.2 Å². The molecule has 0 rings (SSSR count). The molecule has 1 unspecified atom stereocenters. The Labute approximate surface area is 176 Å². The molecule has 0 fully saturated rings. The van der Waals surface area contributed by atoms with E-state index in [9.17, 15) is 14.7 Å². The minimum atomic E-state index is -1.16. The van der Waals surface area contributed by atoms with Crippen LogP contribution < -0.4 is 5.32 Å². The minimum Gasteiger partial charge on any atom is -0.480 e. The van der Waals surface area contributed by atoms with E-state index in [0.29, 0.717) is 6.61 Å². The van der Waals surface area contributed by atoms with Crippen molar-refractivity contribution in [1.82, 2.24) is 5.32 Å². The summed E-state index contributed by atoms with van der Waals surface area (Å²) in [5.41, 5.74) is 3.24. The first kappa shape index (κ1) is 26.9. The van der Waals surface area contributed by atoms with E-state index in [0.717, 1.165) is 25.7 Å². The van der Waals surface area contributed by atoms with Crippen molar-refractivity contribution in [2.75, 3.05) is 13.2 Å². The SMILES string of the molecule is CC(C)=CCCC(C)=CCCC(C)=CCOCC(NC(=O)OC(C)(C)C)C(=O)O. The molecule has 0 spiro atoms. The lowest BCUT2D eigenvalue weighted by molar-refractivity contribution is -0.141. The van der Waals surface area contributed by atoms with Crippen LogP contribution in [-0.2, 0) is 14.3 Å². The maximum absolute atomic E-state index is 11.7. The van der Waals surface area contributed by atoms with Crippen LogP contribution >= 0.6 is 0 Å². The van der Waals surface area contributed by atoms with Crippen molar-refractivity contribution in [1.29, 1.82) is 0 Å². The molecule has 1 atom stereocenters. The summed E-state index contributed by atoms with van der Waals surface area (Å²) in [4.78, 5) is 23.0. The van der Waals surface area contributed by atoms with Gasteiger partial charge in [-0.1, -0.05) is 34.9 Å². The quantitative estimate of drug-likeness (QED) is 0.333. The monoisotopic (exact) mass is 409 g/mol. The number of carbonyl (C=O) groups excluding carboxylic acids is 1. The largest absolute Gasteiger partial charge is 0.480 e. The van der Waals surface area contributed by atoms with Crippen LogP contribution in [0.25, 0.3) is 0 Å². The average molecular weight is 410 g/mol. The van der Waals surface area contributed by atoms with E-state index in [-0.39, 0.29) is 6.61 Å². The van der Waals surface area contributed by atoms with E-state index >= 15 is 0 Å². The molecule has 0 aromatic carbocycles. The van der Waals surface area contributed by atoms with Gasteiger partial charge in [-0.25, -0.2) is 9.59 Å². The smallest absolute Gasteiger partial charge is 0.408 e. The highest BCUT2D eigenvalue weighted by Gasteiger charge is 2.23. The van der Waals surface area contributed by atoms with E-state index in [4.69, 9.17) is 9.47 Å². The summed E-state index contributed by atoms with van der Waals surface area (Å²) >= 11 is 0. The molecule has 0 heterocycles. The van der Waals surface area contributed by atoms with Crippen LogP contribution in [0.3, 0.4) is 0 Å². The standard InChI is InChI=1S/C23H39NO5/c1-17(2)10-8-11-18(3)12-9-13-19(4)14-15-28-16-20(21(25)26)24-22(27)29-23(5,6)7/h10,12,14,20H,8-9,11,13,15-16H2,1-7H3,(H,24,27)(H,25,26). The van der Waals surface area contributed by atoms with Gasteiger partial charge in [0.25, 0.3) is 0 Å². The Hall–Kier alpha value is -2.08. The number of aliphatic carboxylic acids is 1. The van der Waals surface area contributed by atoms with Crippen molar-refractivity contribution >= 4 is 12.1 Å². The van der Waals surface area contributed by atoms with Crippen molar-refractivity contribution in [3.8, 4) is 0 Å². The number of carbonyl (C=O) groups is 2. The highest BCUT2D eigenvalue weighted by molar-refractivity contribution is 5.80. The molecular formula is C23H39NO5. The molecule has 6 heteroatoms. The van der Waals surface area contributed by atoms with E-state index < -0.39 is 23.7 Å². The molecule has 2 N–H and O–H groups in total. The average Bonchev–Trinajstić information content (AvgIpc) is 2.55. The van der Waals surface area contributed by atoms with Gasteiger partial charge in [-0.2, -0.15) is 0 Å². The molecule has 0 aliphatic heterocycles. The van der Waals surface area contributed by atoms with Crippen LogP contribution in [0, 0.1) is 0 Å². The van der Waals surface area contributed by atoms with Crippen LogP contribution in [-0.4, -0.2) is 42.0 Å². The molecular weight excluding hydrogens is 370 g/mol. The van der Waals surface area contributed by atoms with Gasteiger partial charge in [-0.15, -0.1) is 0 Å². The lowest BCUT2D eigenvalue weighted by Crippen LogP contribution is -2.46. The van der Waals surface area contributed by atoms with Crippen LogP contribution in [0.1, 0.15) is 74.1 Å². The Morgan fingerprint density at radius 2 is 1.52 bits per heavy atom. The van der Waals surface area contributed by atoms with Gasteiger partial charge in [0.05, 0.1) is 13.2 Å². The Balaban J connectivity index is 4.25. The number of hydrogen-bond acceptors (Lipinski definition) is 4. The van der Waals surface area contributed by atoms with Crippen LogP contribution in [0.15, 0.2) is 34.9 Å².